The van der Waals surface area contributed by atoms with E-state index in [-0.39, 0.29) is 25.7 Å². The molecule has 0 aromatic carbocycles. The average Bonchev–Trinajstić information content (AvgIpc) is 1.90. The third kappa shape index (κ3) is 4.69. The molecular weight excluding hydrogens is 136 g/mol. The van der Waals surface area contributed by atoms with Crippen molar-refractivity contribution < 1.29 is 20.1 Å². The molecule has 10 heavy (non-hydrogen) atoms. The Kier molecular flexibility index (Phi) is 5.52. The first kappa shape index (κ1) is 9.84. The molecule has 0 rings (SSSR count). The molecule has 1 unspecified atom stereocenters. The van der Waals surface area contributed by atoms with Crippen LogP contribution < -0.4 is 0 Å². The molecule has 0 aliphatic rings. The summed E-state index contributed by atoms with van der Waals surface area (Å²) in [6.07, 6.45) is -0.833. The van der Waals surface area contributed by atoms with Gasteiger partial charge in [0.15, 0.2) is 6.29 Å². The molecule has 1 atom stereocenters. The van der Waals surface area contributed by atoms with E-state index in [0.29, 0.717) is 0 Å². The highest BCUT2D eigenvalue weighted by Gasteiger charge is 2.06. The van der Waals surface area contributed by atoms with Crippen molar-refractivity contribution in [1.29, 1.82) is 0 Å². The summed E-state index contributed by atoms with van der Waals surface area (Å²) >= 11 is 0. The minimum absolute atomic E-state index is 0.122. The molecule has 0 aromatic heterocycles. The Bertz CT molecular complexity index is 70.1. The quantitative estimate of drug-likeness (QED) is 0.437. The number of hydrogen-bond donors (Lipinski definition) is 3. The smallest absolute Gasteiger partial charge is 0.151 e. The van der Waals surface area contributed by atoms with Gasteiger partial charge in [-0.3, -0.25) is 0 Å². The van der Waals surface area contributed by atoms with Crippen LogP contribution in [0.15, 0.2) is 0 Å². The van der Waals surface area contributed by atoms with Gasteiger partial charge in [0.25, 0.3) is 0 Å². The normalized spacial score (nSPS) is 14.1. The number of hydrogen-bond acceptors (Lipinski definition) is 4. The number of rotatable bonds is 5. The van der Waals surface area contributed by atoms with E-state index >= 15 is 0 Å². The number of aliphatic hydroxyl groups excluding tert-OH is 3. The second-order valence-corrected chi connectivity index (χ2v) is 2.16. The van der Waals surface area contributed by atoms with Crippen molar-refractivity contribution in [1.82, 2.24) is 0 Å². The monoisotopic (exact) mass is 150 g/mol. The fourth-order valence-electron chi connectivity index (χ4n) is 0.438. The van der Waals surface area contributed by atoms with Crippen molar-refractivity contribution in [3.63, 3.8) is 0 Å². The fourth-order valence-corrected chi connectivity index (χ4v) is 0.438. The summed E-state index contributed by atoms with van der Waals surface area (Å²) in [5.74, 6) is -0.283. The molecule has 0 heterocycles. The van der Waals surface area contributed by atoms with Crippen LogP contribution in [0.2, 0.25) is 0 Å². The van der Waals surface area contributed by atoms with Crippen LogP contribution in [0.5, 0.6) is 0 Å². The number of aliphatic hydroxyl groups is 3. The Morgan fingerprint density at radius 3 is 2.10 bits per heavy atom. The van der Waals surface area contributed by atoms with Gasteiger partial charge in [-0.05, 0) is 6.92 Å². The Hall–Kier alpha value is -0.160. The van der Waals surface area contributed by atoms with Crippen molar-refractivity contribution in [2.45, 2.75) is 13.2 Å². The van der Waals surface area contributed by atoms with E-state index in [9.17, 15) is 0 Å². The summed E-state index contributed by atoms with van der Waals surface area (Å²) < 4.78 is 4.72. The van der Waals surface area contributed by atoms with Crippen LogP contribution in [0.4, 0.5) is 0 Å². The van der Waals surface area contributed by atoms with E-state index < -0.39 is 6.29 Å². The van der Waals surface area contributed by atoms with Crippen molar-refractivity contribution in [3.8, 4) is 0 Å². The molecule has 0 saturated carbocycles. The summed E-state index contributed by atoms with van der Waals surface area (Å²) in [4.78, 5) is 0. The Labute approximate surface area is 60.1 Å². The molecule has 0 aromatic rings. The second-order valence-electron chi connectivity index (χ2n) is 2.16. The van der Waals surface area contributed by atoms with Crippen LogP contribution in [-0.4, -0.2) is 41.4 Å². The molecule has 62 valence electrons. The first-order chi connectivity index (χ1) is 4.70. The minimum Gasteiger partial charge on any atom is -0.396 e. The van der Waals surface area contributed by atoms with E-state index in [4.69, 9.17) is 20.1 Å². The van der Waals surface area contributed by atoms with Gasteiger partial charge in [0.2, 0.25) is 0 Å². The van der Waals surface area contributed by atoms with Crippen molar-refractivity contribution in [2.24, 2.45) is 5.92 Å². The maximum Gasteiger partial charge on any atom is 0.151 e. The maximum absolute atomic E-state index is 8.61. The van der Waals surface area contributed by atoms with Crippen LogP contribution in [0.1, 0.15) is 6.92 Å². The van der Waals surface area contributed by atoms with Crippen LogP contribution in [0.25, 0.3) is 0 Å². The topological polar surface area (TPSA) is 69.9 Å². The van der Waals surface area contributed by atoms with Gasteiger partial charge >= 0.3 is 0 Å². The summed E-state index contributed by atoms with van der Waals surface area (Å²) in [6.45, 7) is 1.42. The molecule has 0 spiro atoms. The zero-order chi connectivity index (χ0) is 7.98. The standard InChI is InChI=1S/C6H14O4/c1-5(9)10-4-6(2-7)3-8/h5-9H,2-4H2,1H3. The third-order valence-corrected chi connectivity index (χ3v) is 1.09. The first-order valence-electron chi connectivity index (χ1n) is 3.22. The lowest BCUT2D eigenvalue weighted by Crippen LogP contribution is -2.21. The Morgan fingerprint density at radius 2 is 1.80 bits per heavy atom. The minimum atomic E-state index is -0.833. The fraction of sp³-hybridized carbons (Fsp3) is 1.00. The van der Waals surface area contributed by atoms with Crippen LogP contribution in [-0.2, 0) is 4.74 Å². The lowest BCUT2D eigenvalue weighted by Gasteiger charge is -2.12. The second kappa shape index (κ2) is 5.61. The molecule has 3 N–H and O–H groups in total. The maximum atomic E-state index is 8.61. The zero-order valence-electron chi connectivity index (χ0n) is 6.03. The highest BCUT2D eigenvalue weighted by atomic mass is 16.6. The largest absolute Gasteiger partial charge is 0.396 e. The van der Waals surface area contributed by atoms with Gasteiger partial charge in [-0.2, -0.15) is 0 Å². The van der Waals surface area contributed by atoms with Gasteiger partial charge in [0.05, 0.1) is 19.8 Å². The van der Waals surface area contributed by atoms with Gasteiger partial charge in [0.1, 0.15) is 0 Å². The third-order valence-electron chi connectivity index (χ3n) is 1.09. The summed E-state index contributed by atoms with van der Waals surface area (Å²) in [5.41, 5.74) is 0. The molecule has 0 aliphatic heterocycles. The van der Waals surface area contributed by atoms with Gasteiger partial charge < -0.3 is 20.1 Å². The van der Waals surface area contributed by atoms with Crippen molar-refractivity contribution >= 4 is 0 Å². The predicted molar refractivity (Wildman–Crippen MR) is 35.3 cm³/mol. The van der Waals surface area contributed by atoms with Gasteiger partial charge in [-0.1, -0.05) is 0 Å². The molecule has 4 nitrogen and oxygen atoms in total. The highest BCUT2D eigenvalue weighted by molar-refractivity contribution is 4.52. The Morgan fingerprint density at radius 1 is 1.30 bits per heavy atom. The van der Waals surface area contributed by atoms with E-state index in [1.807, 2.05) is 0 Å². The zero-order valence-corrected chi connectivity index (χ0v) is 6.03. The van der Waals surface area contributed by atoms with Gasteiger partial charge in [-0.25, -0.2) is 0 Å². The van der Waals surface area contributed by atoms with Gasteiger partial charge in [-0.15, -0.1) is 0 Å². The lowest BCUT2D eigenvalue weighted by atomic mass is 10.2. The Balaban J connectivity index is 3.26. The van der Waals surface area contributed by atoms with Crippen molar-refractivity contribution in [3.05, 3.63) is 0 Å². The lowest BCUT2D eigenvalue weighted by molar-refractivity contribution is -0.104. The van der Waals surface area contributed by atoms with Crippen LogP contribution in [0.3, 0.4) is 0 Å². The summed E-state index contributed by atoms with van der Waals surface area (Å²) in [5, 5.41) is 25.6. The summed E-state index contributed by atoms with van der Waals surface area (Å²) in [7, 11) is 0. The van der Waals surface area contributed by atoms with Crippen LogP contribution in [0, 0.1) is 5.92 Å². The molecular formula is C6H14O4. The van der Waals surface area contributed by atoms with E-state index in [2.05, 4.69) is 0 Å². The van der Waals surface area contributed by atoms with E-state index in [1.54, 1.807) is 0 Å². The van der Waals surface area contributed by atoms with E-state index in [1.165, 1.54) is 6.92 Å². The van der Waals surface area contributed by atoms with Gasteiger partial charge in [0, 0.05) is 5.92 Å². The van der Waals surface area contributed by atoms with E-state index in [0.717, 1.165) is 0 Å². The predicted octanol–water partition coefficient (Wildman–Crippen LogP) is -1.06. The number of ether oxygens (including phenoxy) is 1. The average molecular weight is 150 g/mol. The van der Waals surface area contributed by atoms with Crippen LogP contribution >= 0.6 is 0 Å². The molecule has 0 saturated heterocycles. The van der Waals surface area contributed by atoms with Crippen molar-refractivity contribution in [2.75, 3.05) is 19.8 Å². The first-order valence-corrected chi connectivity index (χ1v) is 3.22. The molecule has 0 amide bonds. The molecule has 0 fully saturated rings. The molecule has 0 radical (unpaired) electrons. The highest BCUT2D eigenvalue weighted by Crippen LogP contribution is 1.96. The molecule has 0 aliphatic carbocycles. The molecule has 4 heteroatoms. The molecule has 0 bridgehead atoms. The summed E-state index contributed by atoms with van der Waals surface area (Å²) in [6, 6.07) is 0. The SMILES string of the molecule is CC(O)OCC(CO)CO.